The molecule has 0 unspecified atom stereocenters. The van der Waals surface area contributed by atoms with Gasteiger partial charge in [-0.1, -0.05) is 60.1 Å². The number of halogens is 1. The lowest BCUT2D eigenvalue weighted by Crippen LogP contribution is -2.07. The van der Waals surface area contributed by atoms with Crippen LogP contribution in [0.4, 0.5) is 0 Å². The van der Waals surface area contributed by atoms with Gasteiger partial charge in [-0.3, -0.25) is 0 Å². The molecule has 0 fully saturated rings. The molecule has 4 aromatic rings. The summed E-state index contributed by atoms with van der Waals surface area (Å²) >= 11 is 6.11. The Labute approximate surface area is 198 Å². The van der Waals surface area contributed by atoms with Gasteiger partial charge in [0.15, 0.2) is 11.5 Å². The average molecular weight is 461 g/mol. The summed E-state index contributed by atoms with van der Waals surface area (Å²) in [6, 6.07) is 25.6. The van der Waals surface area contributed by atoms with Gasteiger partial charge in [0.25, 0.3) is 0 Å². The quantitative estimate of drug-likeness (QED) is 0.238. The van der Waals surface area contributed by atoms with Crippen molar-refractivity contribution in [3.8, 4) is 17.2 Å². The molecular weight excluding hydrogens is 436 g/mol. The van der Waals surface area contributed by atoms with Gasteiger partial charge < -0.3 is 19.6 Å². The largest absolute Gasteiger partial charge is 0.493 e. The second kappa shape index (κ2) is 10.7. The summed E-state index contributed by atoms with van der Waals surface area (Å²) in [5, 5.41) is 7.34. The normalized spacial score (nSPS) is 11.0. The molecule has 0 bridgehead atoms. The van der Waals surface area contributed by atoms with E-state index in [1.54, 1.807) is 20.4 Å². The van der Waals surface area contributed by atoms with Crippen molar-refractivity contribution in [3.63, 3.8) is 0 Å². The highest BCUT2D eigenvalue weighted by atomic mass is 35.5. The number of ether oxygens (including phenoxy) is 3. The van der Waals surface area contributed by atoms with Crippen LogP contribution in [0.25, 0.3) is 10.8 Å². The molecule has 0 aliphatic heterocycles. The minimum Gasteiger partial charge on any atom is -0.493 e. The van der Waals surface area contributed by atoms with Gasteiger partial charge in [-0.05, 0) is 52.2 Å². The van der Waals surface area contributed by atoms with Crippen molar-refractivity contribution in [1.82, 2.24) is 5.43 Å². The van der Waals surface area contributed by atoms with Gasteiger partial charge in [0.05, 0.1) is 27.0 Å². The van der Waals surface area contributed by atoms with Gasteiger partial charge in [-0.2, -0.15) is 5.10 Å². The van der Waals surface area contributed by atoms with Gasteiger partial charge in [-0.15, -0.1) is 0 Å². The second-order valence-electron chi connectivity index (χ2n) is 7.40. The number of hydrazone groups is 1. The Balaban J connectivity index is 1.52. The first-order valence-electron chi connectivity index (χ1n) is 10.5. The average Bonchev–Trinajstić information content (AvgIpc) is 2.85. The Morgan fingerprint density at radius 2 is 1.64 bits per heavy atom. The van der Waals surface area contributed by atoms with E-state index in [0.29, 0.717) is 29.7 Å². The fourth-order valence-corrected chi connectivity index (χ4v) is 3.77. The lowest BCUT2D eigenvalue weighted by molar-refractivity contribution is 0.306. The molecule has 1 N–H and O–H groups in total. The van der Waals surface area contributed by atoms with Gasteiger partial charge in [-0.25, -0.2) is 0 Å². The van der Waals surface area contributed by atoms with E-state index in [1.165, 1.54) is 0 Å². The van der Waals surface area contributed by atoms with Crippen LogP contribution in [0.3, 0.4) is 0 Å². The predicted octanol–water partition coefficient (Wildman–Crippen LogP) is 6.21. The molecule has 0 aliphatic carbocycles. The highest BCUT2D eigenvalue weighted by Crippen LogP contribution is 2.29. The van der Waals surface area contributed by atoms with Crippen LogP contribution >= 0.6 is 11.6 Å². The number of benzene rings is 4. The third kappa shape index (κ3) is 5.57. The van der Waals surface area contributed by atoms with E-state index in [1.807, 2.05) is 60.7 Å². The number of hydrogen-bond acceptors (Lipinski definition) is 5. The van der Waals surface area contributed by atoms with Crippen LogP contribution in [0, 0.1) is 0 Å². The van der Waals surface area contributed by atoms with E-state index >= 15 is 0 Å². The highest BCUT2D eigenvalue weighted by Gasteiger charge is 2.08. The van der Waals surface area contributed by atoms with E-state index in [0.717, 1.165) is 33.2 Å². The summed E-state index contributed by atoms with van der Waals surface area (Å²) in [5.74, 6) is 2.14. The van der Waals surface area contributed by atoms with Crippen molar-refractivity contribution in [2.24, 2.45) is 5.10 Å². The van der Waals surface area contributed by atoms with Crippen molar-refractivity contribution in [2.45, 2.75) is 13.2 Å². The monoisotopic (exact) mass is 460 g/mol. The first-order chi connectivity index (χ1) is 16.2. The molecule has 0 aliphatic rings. The fourth-order valence-electron chi connectivity index (χ4n) is 3.56. The summed E-state index contributed by atoms with van der Waals surface area (Å²) in [4.78, 5) is 0. The molecule has 0 saturated heterocycles. The van der Waals surface area contributed by atoms with Crippen LogP contribution in [-0.4, -0.2) is 20.4 Å². The molecule has 0 atom stereocenters. The third-order valence-corrected chi connectivity index (χ3v) is 5.47. The standard InChI is InChI=1S/C27H25ClN2O3/c1-31-26-12-10-19(15-27(26)32-2)16-29-30-17-24-23-9-4-3-7-21(23)11-13-25(24)33-18-20-6-5-8-22(28)14-20/h3-15,17,29H,16,18H2,1-2H3/b30-17-. The third-order valence-electron chi connectivity index (χ3n) is 5.23. The Hall–Kier alpha value is -3.70. The Kier molecular flexibility index (Phi) is 7.33. The number of hydrogen-bond donors (Lipinski definition) is 1. The van der Waals surface area contributed by atoms with Gasteiger partial charge in [0.1, 0.15) is 12.4 Å². The molecule has 168 valence electrons. The smallest absolute Gasteiger partial charge is 0.161 e. The van der Waals surface area contributed by atoms with E-state index in [9.17, 15) is 0 Å². The summed E-state index contributed by atoms with van der Waals surface area (Å²) in [6.07, 6.45) is 1.80. The highest BCUT2D eigenvalue weighted by molar-refractivity contribution is 6.30. The predicted molar refractivity (Wildman–Crippen MR) is 134 cm³/mol. The lowest BCUT2D eigenvalue weighted by atomic mass is 10.0. The van der Waals surface area contributed by atoms with Crippen LogP contribution in [0.2, 0.25) is 5.02 Å². The number of nitrogens with one attached hydrogen (secondary N) is 1. The summed E-state index contributed by atoms with van der Waals surface area (Å²) < 4.78 is 16.8. The molecule has 0 amide bonds. The molecule has 5 nitrogen and oxygen atoms in total. The van der Waals surface area contributed by atoms with Gasteiger partial charge >= 0.3 is 0 Å². The Bertz CT molecular complexity index is 1270. The minimum absolute atomic E-state index is 0.415. The minimum atomic E-state index is 0.415. The van der Waals surface area contributed by atoms with E-state index < -0.39 is 0 Å². The molecule has 0 aromatic heterocycles. The van der Waals surface area contributed by atoms with Crippen LogP contribution < -0.4 is 19.6 Å². The van der Waals surface area contributed by atoms with Crippen molar-refractivity contribution >= 4 is 28.6 Å². The molecule has 0 saturated carbocycles. The molecule has 0 heterocycles. The van der Waals surface area contributed by atoms with Crippen LogP contribution in [0.5, 0.6) is 17.2 Å². The van der Waals surface area contributed by atoms with Crippen LogP contribution in [0.1, 0.15) is 16.7 Å². The lowest BCUT2D eigenvalue weighted by Gasteiger charge is -2.12. The summed E-state index contributed by atoms with van der Waals surface area (Å²) in [6.45, 7) is 0.957. The molecule has 0 radical (unpaired) electrons. The molecule has 4 rings (SSSR count). The number of rotatable bonds is 9. The number of fused-ring (bicyclic) bond motifs is 1. The number of methoxy groups -OCH3 is 2. The van der Waals surface area contributed by atoms with E-state index in [4.69, 9.17) is 25.8 Å². The van der Waals surface area contributed by atoms with Crippen molar-refractivity contribution in [1.29, 1.82) is 0 Å². The molecule has 6 heteroatoms. The van der Waals surface area contributed by atoms with Crippen LogP contribution in [0.15, 0.2) is 84.0 Å². The molecule has 0 spiro atoms. The molecular formula is C27H25ClN2O3. The summed E-state index contributed by atoms with van der Waals surface area (Å²) in [7, 11) is 3.24. The first kappa shape index (κ1) is 22.5. The zero-order chi connectivity index (χ0) is 23.0. The Morgan fingerprint density at radius 3 is 2.45 bits per heavy atom. The van der Waals surface area contributed by atoms with Crippen molar-refractivity contribution in [2.75, 3.05) is 14.2 Å². The fraction of sp³-hybridized carbons (Fsp3) is 0.148. The first-order valence-corrected chi connectivity index (χ1v) is 10.9. The van der Waals surface area contributed by atoms with E-state index in [-0.39, 0.29) is 0 Å². The maximum absolute atomic E-state index is 6.15. The zero-order valence-corrected chi connectivity index (χ0v) is 19.3. The van der Waals surface area contributed by atoms with Crippen molar-refractivity contribution in [3.05, 3.63) is 101 Å². The van der Waals surface area contributed by atoms with Crippen LogP contribution in [-0.2, 0) is 13.2 Å². The second-order valence-corrected chi connectivity index (χ2v) is 7.84. The molecule has 33 heavy (non-hydrogen) atoms. The topological polar surface area (TPSA) is 52.1 Å². The maximum atomic E-state index is 6.15. The van der Waals surface area contributed by atoms with Gasteiger partial charge in [0, 0.05) is 10.6 Å². The maximum Gasteiger partial charge on any atom is 0.161 e. The number of nitrogens with zero attached hydrogens (tertiary/aromatic N) is 1. The van der Waals surface area contributed by atoms with Gasteiger partial charge in [0.2, 0.25) is 0 Å². The van der Waals surface area contributed by atoms with Crippen molar-refractivity contribution < 1.29 is 14.2 Å². The SMILES string of the molecule is COc1ccc(CN/N=C\c2c(OCc3cccc(Cl)c3)ccc3ccccc23)cc1OC. The zero-order valence-electron chi connectivity index (χ0n) is 18.5. The van der Waals surface area contributed by atoms with E-state index in [2.05, 4.69) is 28.7 Å². The Morgan fingerprint density at radius 1 is 0.818 bits per heavy atom. The summed E-state index contributed by atoms with van der Waals surface area (Å²) in [5.41, 5.74) is 6.06. The molecule has 4 aromatic carbocycles.